The zero-order valence-electron chi connectivity index (χ0n) is 18.8. The fourth-order valence-corrected chi connectivity index (χ4v) is 6.49. The van der Waals surface area contributed by atoms with Crippen LogP contribution in [-0.4, -0.2) is 33.1 Å². The van der Waals surface area contributed by atoms with Gasteiger partial charge in [-0.2, -0.15) is 0 Å². The summed E-state index contributed by atoms with van der Waals surface area (Å²) in [5, 5.41) is 31.4. The number of hydrogen-bond acceptors (Lipinski definition) is 3. The fourth-order valence-electron chi connectivity index (χ4n) is 6.49. The van der Waals surface area contributed by atoms with Crippen LogP contribution in [0, 0.1) is 17.3 Å². The smallest absolute Gasteiger partial charge is 0.0654 e. The topological polar surface area (TPSA) is 60.7 Å². The molecule has 29 heavy (non-hydrogen) atoms. The minimum absolute atomic E-state index is 0.131. The van der Waals surface area contributed by atoms with Gasteiger partial charge in [-0.3, -0.25) is 0 Å². The van der Waals surface area contributed by atoms with Crippen LogP contribution in [-0.2, 0) is 0 Å². The minimum atomic E-state index is -0.720. The van der Waals surface area contributed by atoms with Crippen LogP contribution in [0.25, 0.3) is 0 Å². The Kier molecular flexibility index (Phi) is 7.13. The Morgan fingerprint density at radius 1 is 1.24 bits per heavy atom. The first-order valence-electron chi connectivity index (χ1n) is 11.8. The third kappa shape index (κ3) is 4.89. The predicted octanol–water partition coefficient (Wildman–Crippen LogP) is 5.46. The lowest BCUT2D eigenvalue weighted by atomic mass is 9.59. The fraction of sp³-hybridized carbons (Fsp3) is 0.769. The van der Waals surface area contributed by atoms with Crippen molar-refractivity contribution in [2.45, 2.75) is 109 Å². The van der Waals surface area contributed by atoms with Gasteiger partial charge in [-0.25, -0.2) is 0 Å². The van der Waals surface area contributed by atoms with E-state index in [1.54, 1.807) is 0 Å². The summed E-state index contributed by atoms with van der Waals surface area (Å²) in [7, 11) is 0. The lowest BCUT2D eigenvalue weighted by Crippen LogP contribution is -2.45. The molecule has 3 saturated carbocycles. The Balaban J connectivity index is 1.76. The van der Waals surface area contributed by atoms with Gasteiger partial charge >= 0.3 is 0 Å². The van der Waals surface area contributed by atoms with Crippen molar-refractivity contribution >= 4 is 0 Å². The number of rotatable bonds is 6. The third-order valence-electron chi connectivity index (χ3n) is 8.36. The molecular formula is C26H42O3. The molecule has 0 aromatic rings. The molecule has 3 fully saturated rings. The second-order valence-electron chi connectivity index (χ2n) is 10.4. The molecule has 3 rings (SSSR count). The molecule has 164 valence electrons. The first-order chi connectivity index (χ1) is 13.7. The Bertz CT molecular complexity index is 659. The molecule has 0 bridgehead atoms. The highest BCUT2D eigenvalue weighted by Crippen LogP contribution is 2.60. The van der Waals surface area contributed by atoms with Crippen molar-refractivity contribution in [2.75, 3.05) is 0 Å². The van der Waals surface area contributed by atoms with E-state index in [4.69, 9.17) is 0 Å². The predicted molar refractivity (Wildman–Crippen MR) is 119 cm³/mol. The summed E-state index contributed by atoms with van der Waals surface area (Å²) in [5.74, 6) is 0.814. The SMILES string of the molecule is C=C1CC[C@H](O)C/C1=C/C=C1/CCC[C@@]2(C)C1CCC2[C@](C)(O)CC[C@@H](O)CC. The van der Waals surface area contributed by atoms with Gasteiger partial charge in [0.05, 0.1) is 17.8 Å². The molecule has 2 unspecified atom stereocenters. The molecule has 0 spiro atoms. The molecule has 0 amide bonds. The van der Waals surface area contributed by atoms with E-state index in [-0.39, 0.29) is 23.5 Å². The Morgan fingerprint density at radius 3 is 2.72 bits per heavy atom. The second-order valence-corrected chi connectivity index (χ2v) is 10.4. The molecule has 0 radical (unpaired) electrons. The van der Waals surface area contributed by atoms with Crippen molar-refractivity contribution < 1.29 is 15.3 Å². The maximum Gasteiger partial charge on any atom is 0.0654 e. The van der Waals surface area contributed by atoms with Crippen molar-refractivity contribution in [2.24, 2.45) is 17.3 Å². The van der Waals surface area contributed by atoms with E-state index in [2.05, 4.69) is 25.7 Å². The molecule has 0 heterocycles. The first-order valence-corrected chi connectivity index (χ1v) is 11.8. The monoisotopic (exact) mass is 402 g/mol. The van der Waals surface area contributed by atoms with Gasteiger partial charge in [-0.05, 0) is 100 Å². The van der Waals surface area contributed by atoms with Crippen LogP contribution < -0.4 is 0 Å². The molecule has 0 saturated heterocycles. The van der Waals surface area contributed by atoms with E-state index in [0.29, 0.717) is 18.8 Å². The van der Waals surface area contributed by atoms with E-state index in [1.165, 1.54) is 29.6 Å². The number of aliphatic hydroxyl groups excluding tert-OH is 2. The first kappa shape index (κ1) is 22.8. The maximum atomic E-state index is 11.4. The molecule has 3 heteroatoms. The molecule has 3 N–H and O–H groups in total. The summed E-state index contributed by atoms with van der Waals surface area (Å²) in [5.41, 5.74) is 3.31. The molecule has 3 aliphatic rings. The zero-order chi connectivity index (χ0) is 21.2. The van der Waals surface area contributed by atoms with Crippen molar-refractivity contribution in [3.8, 4) is 0 Å². The summed E-state index contributed by atoms with van der Waals surface area (Å²) in [4.78, 5) is 0. The van der Waals surface area contributed by atoms with Gasteiger partial charge in [-0.15, -0.1) is 0 Å². The number of aliphatic hydroxyl groups is 3. The summed E-state index contributed by atoms with van der Waals surface area (Å²) in [6.45, 7) is 10.6. The quantitative estimate of drug-likeness (QED) is 0.553. The van der Waals surface area contributed by atoms with E-state index >= 15 is 0 Å². The summed E-state index contributed by atoms with van der Waals surface area (Å²) < 4.78 is 0. The molecule has 6 atom stereocenters. The van der Waals surface area contributed by atoms with Gasteiger partial charge in [0, 0.05) is 0 Å². The Morgan fingerprint density at radius 2 is 2.00 bits per heavy atom. The van der Waals surface area contributed by atoms with Crippen molar-refractivity contribution in [1.82, 2.24) is 0 Å². The van der Waals surface area contributed by atoms with Crippen LogP contribution >= 0.6 is 0 Å². The standard InChI is InChI=1S/C26H42O3/c1-5-21(27)14-16-26(4,29)24-13-12-23-19(7-6-15-25(23,24)3)9-10-20-17-22(28)11-8-18(20)2/h9-10,21-24,27-29H,2,5-8,11-17H2,1,3-4H3/b19-9-,20-10-/t21-,22-,23?,24?,25-,26+/m0/s1. The minimum Gasteiger partial charge on any atom is -0.393 e. The summed E-state index contributed by atoms with van der Waals surface area (Å²) in [6.07, 6.45) is 14.3. The molecule has 0 aromatic carbocycles. The Labute approximate surface area is 177 Å². The van der Waals surface area contributed by atoms with E-state index in [9.17, 15) is 15.3 Å². The van der Waals surface area contributed by atoms with E-state index < -0.39 is 5.60 Å². The average Bonchev–Trinajstić information content (AvgIpc) is 3.05. The molecular weight excluding hydrogens is 360 g/mol. The van der Waals surface area contributed by atoms with Gasteiger partial charge in [0.2, 0.25) is 0 Å². The maximum absolute atomic E-state index is 11.4. The van der Waals surface area contributed by atoms with Crippen molar-refractivity contribution in [3.63, 3.8) is 0 Å². The number of hydrogen-bond donors (Lipinski definition) is 3. The Hall–Kier alpha value is -0.900. The van der Waals surface area contributed by atoms with E-state index in [0.717, 1.165) is 44.9 Å². The summed E-state index contributed by atoms with van der Waals surface area (Å²) in [6, 6.07) is 0. The van der Waals surface area contributed by atoms with Crippen LogP contribution in [0.2, 0.25) is 0 Å². The normalized spacial score (nSPS) is 38.8. The van der Waals surface area contributed by atoms with Crippen LogP contribution in [0.1, 0.15) is 91.4 Å². The van der Waals surface area contributed by atoms with Crippen LogP contribution in [0.5, 0.6) is 0 Å². The third-order valence-corrected chi connectivity index (χ3v) is 8.36. The average molecular weight is 403 g/mol. The number of fused-ring (bicyclic) bond motifs is 1. The lowest BCUT2D eigenvalue weighted by Gasteiger charge is -2.47. The van der Waals surface area contributed by atoms with Gasteiger partial charge in [0.15, 0.2) is 0 Å². The second kappa shape index (κ2) is 9.08. The van der Waals surface area contributed by atoms with Crippen LogP contribution in [0.4, 0.5) is 0 Å². The van der Waals surface area contributed by atoms with Crippen LogP contribution in [0.3, 0.4) is 0 Å². The van der Waals surface area contributed by atoms with Gasteiger partial charge in [0.25, 0.3) is 0 Å². The lowest BCUT2D eigenvalue weighted by molar-refractivity contribution is -0.0706. The highest BCUT2D eigenvalue weighted by Gasteiger charge is 2.54. The molecule has 3 nitrogen and oxygen atoms in total. The van der Waals surface area contributed by atoms with Gasteiger partial charge in [-0.1, -0.05) is 43.7 Å². The van der Waals surface area contributed by atoms with Crippen LogP contribution in [0.15, 0.2) is 35.5 Å². The van der Waals surface area contributed by atoms with Crippen molar-refractivity contribution in [3.05, 3.63) is 35.5 Å². The summed E-state index contributed by atoms with van der Waals surface area (Å²) >= 11 is 0. The van der Waals surface area contributed by atoms with Gasteiger partial charge in [0.1, 0.15) is 0 Å². The number of allylic oxidation sites excluding steroid dienone is 4. The largest absolute Gasteiger partial charge is 0.393 e. The highest BCUT2D eigenvalue weighted by molar-refractivity contribution is 5.36. The molecule has 0 aliphatic heterocycles. The van der Waals surface area contributed by atoms with E-state index in [1.807, 2.05) is 13.8 Å². The highest BCUT2D eigenvalue weighted by atomic mass is 16.3. The molecule has 3 aliphatic carbocycles. The van der Waals surface area contributed by atoms with Crippen molar-refractivity contribution in [1.29, 1.82) is 0 Å². The molecule has 0 aromatic heterocycles. The zero-order valence-corrected chi connectivity index (χ0v) is 18.8. The van der Waals surface area contributed by atoms with Gasteiger partial charge < -0.3 is 15.3 Å².